The number of rotatable bonds is 6. The Kier molecular flexibility index (Phi) is 6.55. The van der Waals surface area contributed by atoms with Crippen molar-refractivity contribution in [2.75, 3.05) is 33.7 Å². The fourth-order valence-corrected chi connectivity index (χ4v) is 4.00. The van der Waals surface area contributed by atoms with Crippen LogP contribution in [0.3, 0.4) is 0 Å². The van der Waals surface area contributed by atoms with Crippen LogP contribution in [-0.4, -0.2) is 56.8 Å². The molecule has 1 atom stereocenters. The second-order valence-electron chi connectivity index (χ2n) is 5.10. The molecule has 1 aliphatic rings. The first-order valence-corrected chi connectivity index (χ1v) is 8.27. The Morgan fingerprint density at radius 2 is 2.06 bits per heavy atom. The monoisotopic (exact) mass is 277 g/mol. The smallest absolute Gasteiger partial charge is 0.281 e. The molecule has 1 N–H and O–H groups in total. The maximum absolute atomic E-state index is 12.5. The lowest BCUT2D eigenvalue weighted by molar-refractivity contribution is 0.308. The van der Waals surface area contributed by atoms with Crippen LogP contribution in [0.1, 0.15) is 39.0 Å². The van der Waals surface area contributed by atoms with E-state index in [0.717, 1.165) is 38.6 Å². The van der Waals surface area contributed by atoms with E-state index in [1.807, 2.05) is 14.0 Å². The molecule has 0 spiro atoms. The lowest BCUT2D eigenvalue weighted by atomic mass is 10.1. The highest BCUT2D eigenvalue weighted by molar-refractivity contribution is 7.86. The fourth-order valence-electron chi connectivity index (χ4n) is 2.36. The molecule has 1 heterocycles. The first-order valence-electron chi connectivity index (χ1n) is 6.88. The molecule has 1 fully saturated rings. The summed E-state index contributed by atoms with van der Waals surface area (Å²) in [5.74, 6) is 0. The summed E-state index contributed by atoms with van der Waals surface area (Å²) in [4.78, 5) is 0. The van der Waals surface area contributed by atoms with Crippen LogP contribution in [0.4, 0.5) is 0 Å². The first kappa shape index (κ1) is 15.9. The topological polar surface area (TPSA) is 52.7 Å². The minimum absolute atomic E-state index is 0.129. The van der Waals surface area contributed by atoms with E-state index in [1.54, 1.807) is 11.4 Å². The van der Waals surface area contributed by atoms with Gasteiger partial charge in [-0.3, -0.25) is 0 Å². The van der Waals surface area contributed by atoms with Gasteiger partial charge in [-0.15, -0.1) is 0 Å². The Morgan fingerprint density at radius 1 is 1.33 bits per heavy atom. The molecule has 1 saturated heterocycles. The predicted molar refractivity (Wildman–Crippen MR) is 74.7 cm³/mol. The van der Waals surface area contributed by atoms with Crippen LogP contribution in [0.5, 0.6) is 0 Å². The van der Waals surface area contributed by atoms with Crippen molar-refractivity contribution in [3.63, 3.8) is 0 Å². The summed E-state index contributed by atoms with van der Waals surface area (Å²) < 4.78 is 28.1. The molecule has 6 heteroatoms. The second-order valence-corrected chi connectivity index (χ2v) is 7.08. The summed E-state index contributed by atoms with van der Waals surface area (Å²) in [6.07, 6.45) is 5.07. The van der Waals surface area contributed by atoms with Crippen molar-refractivity contribution in [2.24, 2.45) is 0 Å². The van der Waals surface area contributed by atoms with Crippen LogP contribution in [0, 0.1) is 0 Å². The fraction of sp³-hybridized carbons (Fsp3) is 1.00. The molecule has 0 aromatic carbocycles. The van der Waals surface area contributed by atoms with Crippen molar-refractivity contribution in [3.05, 3.63) is 0 Å². The van der Waals surface area contributed by atoms with Crippen LogP contribution in [-0.2, 0) is 10.2 Å². The van der Waals surface area contributed by atoms with Gasteiger partial charge in [0.1, 0.15) is 0 Å². The highest BCUT2D eigenvalue weighted by Gasteiger charge is 2.31. The highest BCUT2D eigenvalue weighted by atomic mass is 32.2. The normalized spacial score (nSPS) is 23.2. The largest absolute Gasteiger partial charge is 0.320 e. The average Bonchev–Trinajstić information content (AvgIpc) is 2.54. The minimum Gasteiger partial charge on any atom is -0.320 e. The van der Waals surface area contributed by atoms with E-state index in [2.05, 4.69) is 5.32 Å². The van der Waals surface area contributed by atoms with E-state index in [1.165, 1.54) is 4.31 Å². The van der Waals surface area contributed by atoms with Crippen molar-refractivity contribution >= 4 is 10.2 Å². The van der Waals surface area contributed by atoms with E-state index in [-0.39, 0.29) is 6.04 Å². The molecule has 0 radical (unpaired) electrons. The molecule has 1 aliphatic heterocycles. The molecule has 0 aromatic heterocycles. The molecule has 0 amide bonds. The summed E-state index contributed by atoms with van der Waals surface area (Å²) in [7, 11) is 0.287. The molecule has 0 bridgehead atoms. The minimum atomic E-state index is -3.28. The first-order chi connectivity index (χ1) is 8.50. The van der Waals surface area contributed by atoms with Crippen LogP contribution in [0.2, 0.25) is 0 Å². The van der Waals surface area contributed by atoms with E-state index in [4.69, 9.17) is 0 Å². The third-order valence-electron chi connectivity index (χ3n) is 3.58. The quantitative estimate of drug-likeness (QED) is 0.738. The molecule has 1 rings (SSSR count). The van der Waals surface area contributed by atoms with Crippen LogP contribution in [0.15, 0.2) is 0 Å². The molecule has 0 saturated carbocycles. The lowest BCUT2D eigenvalue weighted by Crippen LogP contribution is -2.46. The Labute approximate surface area is 112 Å². The third-order valence-corrected chi connectivity index (χ3v) is 5.69. The second kappa shape index (κ2) is 7.43. The van der Waals surface area contributed by atoms with Crippen molar-refractivity contribution in [2.45, 2.75) is 45.1 Å². The van der Waals surface area contributed by atoms with E-state index < -0.39 is 10.2 Å². The number of hydrogen-bond donors (Lipinski definition) is 1. The molecule has 0 aliphatic carbocycles. The van der Waals surface area contributed by atoms with Gasteiger partial charge in [0.2, 0.25) is 0 Å². The number of nitrogens with zero attached hydrogens (tertiary/aromatic N) is 2. The Bertz CT molecular complexity index is 332. The zero-order chi connectivity index (χ0) is 13.6. The summed E-state index contributed by atoms with van der Waals surface area (Å²) in [6, 6.07) is 0.129. The molecule has 108 valence electrons. The van der Waals surface area contributed by atoms with Gasteiger partial charge in [0.15, 0.2) is 0 Å². The summed E-state index contributed by atoms with van der Waals surface area (Å²) >= 11 is 0. The molecule has 5 nitrogen and oxygen atoms in total. The van der Waals surface area contributed by atoms with Gasteiger partial charge in [0.05, 0.1) is 0 Å². The molecular formula is C12H27N3O2S. The molecular weight excluding hydrogens is 250 g/mol. The standard InChI is InChI=1S/C12H27N3O2S/c1-12-8-5-4-6-11-15(12)18(16,17)14(3)10-7-9-13-2/h12-13H,4-11H2,1-3H3. The van der Waals surface area contributed by atoms with E-state index in [9.17, 15) is 8.42 Å². The number of nitrogens with one attached hydrogen (secondary N) is 1. The van der Waals surface area contributed by atoms with Gasteiger partial charge in [-0.1, -0.05) is 12.8 Å². The van der Waals surface area contributed by atoms with Gasteiger partial charge < -0.3 is 5.32 Å². The average molecular weight is 277 g/mol. The van der Waals surface area contributed by atoms with Gasteiger partial charge in [0, 0.05) is 26.2 Å². The summed E-state index contributed by atoms with van der Waals surface area (Å²) in [5, 5.41) is 3.04. The van der Waals surface area contributed by atoms with Crippen molar-refractivity contribution in [1.82, 2.24) is 13.9 Å². The van der Waals surface area contributed by atoms with Crippen molar-refractivity contribution < 1.29 is 8.42 Å². The van der Waals surface area contributed by atoms with E-state index in [0.29, 0.717) is 13.1 Å². The van der Waals surface area contributed by atoms with Gasteiger partial charge in [-0.2, -0.15) is 17.0 Å². The summed E-state index contributed by atoms with van der Waals surface area (Å²) in [6.45, 7) is 4.10. The van der Waals surface area contributed by atoms with Crippen molar-refractivity contribution in [1.29, 1.82) is 0 Å². The predicted octanol–water partition coefficient (Wildman–Crippen LogP) is 1.04. The van der Waals surface area contributed by atoms with Gasteiger partial charge in [-0.05, 0) is 39.8 Å². The van der Waals surface area contributed by atoms with Crippen LogP contribution in [0.25, 0.3) is 0 Å². The Morgan fingerprint density at radius 3 is 2.72 bits per heavy atom. The molecule has 0 aromatic rings. The van der Waals surface area contributed by atoms with Crippen LogP contribution < -0.4 is 5.32 Å². The Hall–Kier alpha value is -0.170. The lowest BCUT2D eigenvalue weighted by Gasteiger charge is -2.30. The Balaban J connectivity index is 2.64. The van der Waals surface area contributed by atoms with Gasteiger partial charge >= 0.3 is 0 Å². The van der Waals surface area contributed by atoms with Crippen molar-refractivity contribution in [3.8, 4) is 0 Å². The maximum Gasteiger partial charge on any atom is 0.281 e. The van der Waals surface area contributed by atoms with Gasteiger partial charge in [0.25, 0.3) is 10.2 Å². The SMILES string of the molecule is CNCCCN(C)S(=O)(=O)N1CCCCCC1C. The molecule has 18 heavy (non-hydrogen) atoms. The third kappa shape index (κ3) is 4.19. The zero-order valence-electron chi connectivity index (χ0n) is 11.9. The zero-order valence-corrected chi connectivity index (χ0v) is 12.7. The maximum atomic E-state index is 12.5. The van der Waals surface area contributed by atoms with Gasteiger partial charge in [-0.25, -0.2) is 0 Å². The summed E-state index contributed by atoms with van der Waals surface area (Å²) in [5.41, 5.74) is 0. The van der Waals surface area contributed by atoms with E-state index >= 15 is 0 Å². The molecule has 1 unspecified atom stereocenters. The highest BCUT2D eigenvalue weighted by Crippen LogP contribution is 2.21. The number of hydrogen-bond acceptors (Lipinski definition) is 3. The van der Waals surface area contributed by atoms with Crippen LogP contribution >= 0.6 is 0 Å².